The standard InChI is InChI=1S/C24H35N5O/c1-8-11-29(12-9-2)22-25-20-18(21(30)27(22)6)19(26-28(20)7)24-15-23(24,5)14-16(4)13-17(24)10-3/h13-14H,8-12,15H2,1-7H3. The zero-order chi connectivity index (χ0) is 21.8. The first-order chi connectivity index (χ1) is 14.2. The van der Waals surface area contributed by atoms with Crippen molar-refractivity contribution < 1.29 is 0 Å². The van der Waals surface area contributed by atoms with Crippen LogP contribution in [0.3, 0.4) is 0 Å². The van der Waals surface area contributed by atoms with Gasteiger partial charge in [-0.05, 0) is 32.6 Å². The smallest absolute Gasteiger partial charge is 0.266 e. The summed E-state index contributed by atoms with van der Waals surface area (Å²) in [7, 11) is 3.77. The first-order valence-electron chi connectivity index (χ1n) is 11.3. The van der Waals surface area contributed by atoms with Crippen LogP contribution in [-0.4, -0.2) is 32.4 Å². The van der Waals surface area contributed by atoms with E-state index in [1.165, 1.54) is 11.1 Å². The van der Waals surface area contributed by atoms with E-state index < -0.39 is 0 Å². The van der Waals surface area contributed by atoms with Gasteiger partial charge in [-0.1, -0.05) is 51.0 Å². The first-order valence-corrected chi connectivity index (χ1v) is 11.3. The van der Waals surface area contributed by atoms with Crippen molar-refractivity contribution in [1.82, 2.24) is 19.3 Å². The van der Waals surface area contributed by atoms with Gasteiger partial charge in [0.2, 0.25) is 5.95 Å². The van der Waals surface area contributed by atoms with Crippen molar-refractivity contribution in [2.75, 3.05) is 18.0 Å². The van der Waals surface area contributed by atoms with Crippen LogP contribution in [0.5, 0.6) is 0 Å². The van der Waals surface area contributed by atoms with Crippen LogP contribution in [0.4, 0.5) is 5.95 Å². The largest absolute Gasteiger partial charge is 0.342 e. The van der Waals surface area contributed by atoms with Crippen LogP contribution in [-0.2, 0) is 19.5 Å². The van der Waals surface area contributed by atoms with Gasteiger partial charge in [0, 0.05) is 38.0 Å². The highest BCUT2D eigenvalue weighted by molar-refractivity contribution is 5.82. The third-order valence-electron chi connectivity index (χ3n) is 7.08. The van der Waals surface area contributed by atoms with Crippen LogP contribution in [0.15, 0.2) is 28.1 Å². The van der Waals surface area contributed by atoms with E-state index in [9.17, 15) is 4.79 Å². The molecule has 0 bridgehead atoms. The van der Waals surface area contributed by atoms with E-state index >= 15 is 0 Å². The molecule has 162 valence electrons. The number of fused-ring (bicyclic) bond motifs is 2. The highest BCUT2D eigenvalue weighted by atomic mass is 16.1. The van der Waals surface area contributed by atoms with Crippen molar-refractivity contribution in [2.45, 2.75) is 65.7 Å². The van der Waals surface area contributed by atoms with Crippen molar-refractivity contribution in [3.8, 4) is 0 Å². The number of nitrogens with zero attached hydrogens (tertiary/aromatic N) is 5. The number of hydrogen-bond acceptors (Lipinski definition) is 4. The molecule has 1 fully saturated rings. The second-order valence-corrected chi connectivity index (χ2v) is 9.34. The Balaban J connectivity index is 1.95. The quantitative estimate of drug-likeness (QED) is 0.686. The van der Waals surface area contributed by atoms with Gasteiger partial charge in [0.15, 0.2) is 5.65 Å². The van der Waals surface area contributed by atoms with E-state index in [1.807, 2.05) is 18.8 Å². The van der Waals surface area contributed by atoms with Gasteiger partial charge in [-0.15, -0.1) is 0 Å². The maximum absolute atomic E-state index is 13.7. The van der Waals surface area contributed by atoms with Gasteiger partial charge in [-0.3, -0.25) is 9.36 Å². The molecule has 4 rings (SSSR count). The maximum atomic E-state index is 13.7. The van der Waals surface area contributed by atoms with Crippen molar-refractivity contribution in [1.29, 1.82) is 0 Å². The zero-order valence-electron chi connectivity index (χ0n) is 19.5. The fraction of sp³-hybridized carbons (Fsp3) is 0.625. The number of aromatic nitrogens is 4. The Bertz CT molecular complexity index is 1110. The van der Waals surface area contributed by atoms with E-state index in [1.54, 1.807) is 4.57 Å². The Hall–Kier alpha value is -2.37. The summed E-state index contributed by atoms with van der Waals surface area (Å²) in [6.07, 6.45) is 8.66. The summed E-state index contributed by atoms with van der Waals surface area (Å²) >= 11 is 0. The monoisotopic (exact) mass is 409 g/mol. The van der Waals surface area contributed by atoms with Gasteiger partial charge in [-0.25, -0.2) is 4.68 Å². The summed E-state index contributed by atoms with van der Waals surface area (Å²) in [5.74, 6) is 0.743. The van der Waals surface area contributed by atoms with Crippen LogP contribution in [0, 0.1) is 5.41 Å². The molecule has 30 heavy (non-hydrogen) atoms. The summed E-state index contributed by atoms with van der Waals surface area (Å²) in [6.45, 7) is 12.8. The topological polar surface area (TPSA) is 56.0 Å². The molecule has 0 saturated heterocycles. The molecule has 2 aliphatic carbocycles. The van der Waals surface area contributed by atoms with Gasteiger partial charge < -0.3 is 4.90 Å². The molecular weight excluding hydrogens is 374 g/mol. The van der Waals surface area contributed by atoms with Crippen LogP contribution in [0.25, 0.3) is 11.0 Å². The minimum absolute atomic E-state index is 0.0145. The molecule has 2 heterocycles. The zero-order valence-corrected chi connectivity index (χ0v) is 19.5. The predicted molar refractivity (Wildman–Crippen MR) is 123 cm³/mol. The Morgan fingerprint density at radius 1 is 1.17 bits per heavy atom. The predicted octanol–water partition coefficient (Wildman–Crippen LogP) is 4.24. The molecule has 0 amide bonds. The maximum Gasteiger partial charge on any atom is 0.266 e. The van der Waals surface area contributed by atoms with Crippen molar-refractivity contribution in [3.63, 3.8) is 0 Å². The molecule has 0 N–H and O–H groups in total. The van der Waals surface area contributed by atoms with Crippen LogP contribution in [0.2, 0.25) is 0 Å². The molecule has 2 atom stereocenters. The van der Waals surface area contributed by atoms with Gasteiger partial charge in [-0.2, -0.15) is 10.1 Å². The van der Waals surface area contributed by atoms with E-state index in [0.717, 1.165) is 50.4 Å². The highest BCUT2D eigenvalue weighted by Crippen LogP contribution is 2.71. The van der Waals surface area contributed by atoms with E-state index in [2.05, 4.69) is 51.7 Å². The molecule has 2 aromatic rings. The SMILES string of the molecule is CCCN(CCC)c1nc2c(c(C34CC3(C)C=C(C)C=C4CC)nn2C)c(=O)n1C. The second kappa shape index (κ2) is 7.10. The third kappa shape index (κ3) is 2.72. The molecular formula is C24H35N5O. The van der Waals surface area contributed by atoms with Crippen LogP contribution >= 0.6 is 0 Å². The van der Waals surface area contributed by atoms with Crippen molar-refractivity contribution in [2.24, 2.45) is 19.5 Å². The Morgan fingerprint density at radius 3 is 2.43 bits per heavy atom. The minimum Gasteiger partial charge on any atom is -0.342 e. The lowest BCUT2D eigenvalue weighted by molar-refractivity contribution is 0.563. The number of rotatable bonds is 7. The molecule has 2 aromatic heterocycles. The first kappa shape index (κ1) is 20.9. The molecule has 6 nitrogen and oxygen atoms in total. The van der Waals surface area contributed by atoms with Crippen LogP contribution in [0.1, 0.15) is 66.0 Å². The average Bonchev–Trinajstić information content (AvgIpc) is 3.19. The Morgan fingerprint density at radius 2 is 1.83 bits per heavy atom. The lowest BCUT2D eigenvalue weighted by atomic mass is 9.77. The van der Waals surface area contributed by atoms with Crippen molar-refractivity contribution >= 4 is 17.0 Å². The molecule has 0 radical (unpaired) electrons. The second-order valence-electron chi connectivity index (χ2n) is 9.34. The Kier molecular flexibility index (Phi) is 4.94. The van der Waals surface area contributed by atoms with Gasteiger partial charge in [0.05, 0.1) is 5.69 Å². The van der Waals surface area contributed by atoms with Gasteiger partial charge in [0.25, 0.3) is 5.56 Å². The molecule has 2 unspecified atom stereocenters. The highest BCUT2D eigenvalue weighted by Gasteiger charge is 2.68. The molecule has 0 aliphatic heterocycles. The molecule has 0 aromatic carbocycles. The number of hydrogen-bond donors (Lipinski definition) is 0. The molecule has 0 spiro atoms. The normalized spacial score (nSPS) is 25.2. The number of aryl methyl sites for hydroxylation is 1. The van der Waals surface area contributed by atoms with Crippen LogP contribution < -0.4 is 10.5 Å². The minimum atomic E-state index is -0.178. The van der Waals surface area contributed by atoms with E-state index in [-0.39, 0.29) is 16.4 Å². The van der Waals surface area contributed by atoms with Gasteiger partial charge in [0.1, 0.15) is 5.39 Å². The average molecular weight is 410 g/mol. The summed E-state index contributed by atoms with van der Waals surface area (Å²) < 4.78 is 3.55. The lowest BCUT2D eigenvalue weighted by Crippen LogP contribution is -2.33. The number of allylic oxidation sites excluding steroid dienone is 4. The van der Waals surface area contributed by atoms with E-state index in [0.29, 0.717) is 11.0 Å². The third-order valence-corrected chi connectivity index (χ3v) is 7.08. The summed E-state index contributed by atoms with van der Waals surface area (Å²) in [4.78, 5) is 20.9. The van der Waals surface area contributed by atoms with E-state index in [4.69, 9.17) is 10.1 Å². The molecule has 2 aliphatic rings. The summed E-state index contributed by atoms with van der Waals surface area (Å²) in [6, 6.07) is 0. The number of anilines is 1. The summed E-state index contributed by atoms with van der Waals surface area (Å²) in [5, 5.41) is 5.63. The molecule has 6 heteroatoms. The summed E-state index contributed by atoms with van der Waals surface area (Å²) in [5.41, 5.74) is 4.17. The van der Waals surface area contributed by atoms with Gasteiger partial charge >= 0.3 is 0 Å². The Labute approximate surface area is 179 Å². The fourth-order valence-corrected chi connectivity index (χ4v) is 5.72. The lowest BCUT2D eigenvalue weighted by Gasteiger charge is -2.27. The molecule has 1 saturated carbocycles. The van der Waals surface area contributed by atoms with Crippen molar-refractivity contribution in [3.05, 3.63) is 39.3 Å². The fourth-order valence-electron chi connectivity index (χ4n) is 5.72.